The van der Waals surface area contributed by atoms with Gasteiger partial charge in [0.1, 0.15) is 0 Å². The van der Waals surface area contributed by atoms with Crippen LogP contribution in [0.25, 0.3) is 0 Å². The molecule has 0 spiro atoms. The van der Waals surface area contributed by atoms with Crippen LogP contribution in [0.1, 0.15) is 26.7 Å². The molecule has 1 aliphatic rings. The van der Waals surface area contributed by atoms with Gasteiger partial charge in [0, 0.05) is 0 Å². The summed E-state index contributed by atoms with van der Waals surface area (Å²) in [6.45, 7) is 4.44. The molecule has 0 aromatic heterocycles. The fraction of sp³-hybridized carbons (Fsp3) is 0.667. The molecule has 1 unspecified atom stereocenters. The van der Waals surface area contributed by atoms with Crippen molar-refractivity contribution in [3.05, 3.63) is 21.1 Å². The van der Waals surface area contributed by atoms with Crippen LogP contribution in [0.5, 0.6) is 0 Å². The van der Waals surface area contributed by atoms with Gasteiger partial charge in [-0.3, -0.25) is 0 Å². The number of hydrogen-bond acceptors (Lipinski definition) is 3. The Morgan fingerprint density at radius 3 is 2.25 bits per heavy atom. The van der Waals surface area contributed by atoms with Crippen molar-refractivity contribution in [3.8, 4) is 0 Å². The first-order valence-corrected chi connectivity index (χ1v) is 11.9. The second-order valence-electron chi connectivity index (χ2n) is 4.02. The Morgan fingerprint density at radius 1 is 1.25 bits per heavy atom. The molecule has 0 N–H and O–H groups in total. The molecule has 0 saturated heterocycles. The van der Waals surface area contributed by atoms with Crippen molar-refractivity contribution < 1.29 is 29.8 Å². The van der Waals surface area contributed by atoms with E-state index in [0.29, 0.717) is 5.92 Å². The van der Waals surface area contributed by atoms with Crippen molar-refractivity contribution >= 4 is 0 Å². The van der Waals surface area contributed by atoms with Crippen LogP contribution in [-0.4, -0.2) is 21.3 Å². The predicted octanol–water partition coefficient (Wildman–Crippen LogP) is 3.08. The molecule has 0 heterocycles. The van der Waals surface area contributed by atoms with Gasteiger partial charge in [-0.1, -0.05) is 0 Å². The van der Waals surface area contributed by atoms with Gasteiger partial charge in [0.2, 0.25) is 0 Å². The molecule has 16 heavy (non-hydrogen) atoms. The SMILES string of the molecule is CCC(C)C1=[C]([Hf]([O]C)([O]C)[O]C)CC=C1. The Balaban J connectivity index is 3.09. The van der Waals surface area contributed by atoms with Gasteiger partial charge in [0.05, 0.1) is 0 Å². The van der Waals surface area contributed by atoms with E-state index in [-0.39, 0.29) is 0 Å². The number of hydrogen-bond donors (Lipinski definition) is 0. The Morgan fingerprint density at radius 2 is 1.81 bits per heavy atom. The zero-order valence-corrected chi connectivity index (χ0v) is 14.5. The Hall–Kier alpha value is 0.230. The Kier molecular flexibility index (Phi) is 5.57. The van der Waals surface area contributed by atoms with Crippen molar-refractivity contribution in [2.75, 3.05) is 21.3 Å². The van der Waals surface area contributed by atoms with Gasteiger partial charge in [0.15, 0.2) is 0 Å². The van der Waals surface area contributed by atoms with E-state index in [1.54, 1.807) is 21.3 Å². The molecular weight excluding hydrogens is 371 g/mol. The number of allylic oxidation sites excluding steroid dienone is 4. The molecular formula is C12H22HfO3. The summed E-state index contributed by atoms with van der Waals surface area (Å²) >= 11 is -3.56. The first kappa shape index (κ1) is 14.3. The molecule has 92 valence electrons. The third-order valence-corrected chi connectivity index (χ3v) is 13.5. The minimum atomic E-state index is -3.56. The van der Waals surface area contributed by atoms with E-state index < -0.39 is 21.3 Å². The van der Waals surface area contributed by atoms with E-state index in [0.717, 1.165) is 12.8 Å². The number of rotatable bonds is 6. The van der Waals surface area contributed by atoms with Crippen molar-refractivity contribution in [1.29, 1.82) is 0 Å². The molecule has 0 saturated carbocycles. The summed E-state index contributed by atoms with van der Waals surface area (Å²) in [5.41, 5.74) is 1.37. The molecule has 4 heteroatoms. The molecule has 0 bridgehead atoms. The fourth-order valence-corrected chi connectivity index (χ4v) is 10.4. The van der Waals surface area contributed by atoms with Crippen LogP contribution in [0.3, 0.4) is 0 Å². The van der Waals surface area contributed by atoms with Crippen LogP contribution in [0, 0.1) is 5.92 Å². The van der Waals surface area contributed by atoms with Crippen molar-refractivity contribution in [1.82, 2.24) is 0 Å². The summed E-state index contributed by atoms with van der Waals surface area (Å²) in [7, 11) is 5.11. The van der Waals surface area contributed by atoms with E-state index in [1.165, 1.54) is 8.90 Å². The summed E-state index contributed by atoms with van der Waals surface area (Å²) in [6, 6.07) is 0. The fourth-order valence-electron chi connectivity index (χ4n) is 2.13. The van der Waals surface area contributed by atoms with E-state index in [9.17, 15) is 0 Å². The van der Waals surface area contributed by atoms with Crippen LogP contribution in [0.2, 0.25) is 0 Å². The maximum atomic E-state index is 5.63. The van der Waals surface area contributed by atoms with E-state index in [1.807, 2.05) is 0 Å². The van der Waals surface area contributed by atoms with E-state index >= 15 is 0 Å². The van der Waals surface area contributed by atoms with Crippen LogP contribution in [0.4, 0.5) is 0 Å². The van der Waals surface area contributed by atoms with Crippen LogP contribution >= 0.6 is 0 Å². The first-order chi connectivity index (χ1) is 7.65. The molecule has 1 aliphatic carbocycles. The third kappa shape index (κ3) is 2.55. The van der Waals surface area contributed by atoms with Crippen LogP contribution in [-0.2, 0) is 29.8 Å². The zero-order valence-electron chi connectivity index (χ0n) is 10.9. The van der Waals surface area contributed by atoms with Crippen molar-refractivity contribution in [2.45, 2.75) is 26.7 Å². The molecule has 0 aromatic carbocycles. The second kappa shape index (κ2) is 6.24. The Bertz CT molecular complexity index is 284. The van der Waals surface area contributed by atoms with E-state index in [4.69, 9.17) is 8.56 Å². The van der Waals surface area contributed by atoms with E-state index in [2.05, 4.69) is 26.0 Å². The molecule has 1 atom stereocenters. The summed E-state index contributed by atoms with van der Waals surface area (Å²) in [6.07, 6.45) is 6.44. The summed E-state index contributed by atoms with van der Waals surface area (Å²) in [4.78, 5) is 0. The normalized spacial score (nSPS) is 18.3. The van der Waals surface area contributed by atoms with Gasteiger partial charge in [-0.05, 0) is 0 Å². The standard InChI is InChI=1S/C9H13.3CH3O.Hf/c1-3-8(2)9-6-4-5-7-9;3*1-2;/h4,6,8H,3,5H2,1-2H3;3*1H3;/q;3*-1;+3. The van der Waals surface area contributed by atoms with Gasteiger partial charge in [-0.25, -0.2) is 0 Å². The molecule has 1 rings (SSSR count). The third-order valence-electron chi connectivity index (χ3n) is 3.29. The monoisotopic (exact) mass is 394 g/mol. The quantitative estimate of drug-likeness (QED) is 0.650. The summed E-state index contributed by atoms with van der Waals surface area (Å²) < 4.78 is 18.2. The summed E-state index contributed by atoms with van der Waals surface area (Å²) in [5.74, 6) is 0.550. The average Bonchev–Trinajstić information content (AvgIpc) is 2.81. The van der Waals surface area contributed by atoms with Crippen molar-refractivity contribution in [3.63, 3.8) is 0 Å². The van der Waals surface area contributed by atoms with Gasteiger partial charge < -0.3 is 0 Å². The predicted molar refractivity (Wildman–Crippen MR) is 61.3 cm³/mol. The Labute approximate surface area is 105 Å². The topological polar surface area (TPSA) is 27.7 Å². The van der Waals surface area contributed by atoms with Gasteiger partial charge in [0.25, 0.3) is 0 Å². The van der Waals surface area contributed by atoms with Crippen LogP contribution < -0.4 is 0 Å². The second-order valence-corrected chi connectivity index (χ2v) is 14.6. The van der Waals surface area contributed by atoms with Crippen molar-refractivity contribution in [2.24, 2.45) is 5.92 Å². The van der Waals surface area contributed by atoms with Crippen LogP contribution in [0.15, 0.2) is 21.1 Å². The molecule has 0 amide bonds. The van der Waals surface area contributed by atoms with Gasteiger partial charge in [-0.2, -0.15) is 0 Å². The zero-order chi connectivity index (χ0) is 12.2. The molecule has 0 aromatic rings. The molecule has 0 aliphatic heterocycles. The molecule has 0 fully saturated rings. The maximum absolute atomic E-state index is 5.63. The summed E-state index contributed by atoms with van der Waals surface area (Å²) in [5, 5.41) is 0. The minimum absolute atomic E-state index is 0.550. The molecule has 3 nitrogen and oxygen atoms in total. The van der Waals surface area contributed by atoms with Gasteiger partial charge in [-0.15, -0.1) is 0 Å². The van der Waals surface area contributed by atoms with Gasteiger partial charge >= 0.3 is 105 Å². The first-order valence-electron chi connectivity index (χ1n) is 5.70. The average molecular weight is 393 g/mol. The molecule has 0 radical (unpaired) electrons.